The maximum Gasteiger partial charge on any atom is 0.171 e. The zero-order chi connectivity index (χ0) is 15.6. The topological polar surface area (TPSA) is 17.1 Å². The Balaban J connectivity index is 2.31. The molecule has 0 N–H and O–H groups in total. The lowest BCUT2D eigenvalue weighted by molar-refractivity contribution is 0.591. The lowest BCUT2D eigenvalue weighted by Gasteiger charge is -2.20. The minimum atomic E-state index is -3.15. The molecule has 0 aliphatic rings. The molecule has 0 saturated heterocycles. The molecule has 3 aromatic carbocycles. The summed E-state index contributed by atoms with van der Waals surface area (Å²) in [5.41, 5.74) is 0. The number of hydrogen-bond acceptors (Lipinski definition) is 1. The van der Waals surface area contributed by atoms with Gasteiger partial charge in [0.25, 0.3) is 0 Å². The average Bonchev–Trinajstić information content (AvgIpc) is 2.55. The molecular formula is C18H13ClFOP. The molecule has 3 aromatic rings. The zero-order valence-electron chi connectivity index (χ0n) is 11.6. The summed E-state index contributed by atoms with van der Waals surface area (Å²) in [4.78, 5) is 0. The number of halogens is 2. The van der Waals surface area contributed by atoms with E-state index in [1.807, 2.05) is 36.4 Å². The van der Waals surface area contributed by atoms with Crippen LogP contribution in [0.3, 0.4) is 0 Å². The summed E-state index contributed by atoms with van der Waals surface area (Å²) >= 11 is 5.97. The zero-order valence-corrected chi connectivity index (χ0v) is 13.3. The van der Waals surface area contributed by atoms with Gasteiger partial charge in [0, 0.05) is 20.9 Å². The predicted molar refractivity (Wildman–Crippen MR) is 90.8 cm³/mol. The first-order valence-corrected chi connectivity index (χ1v) is 8.87. The fourth-order valence-electron chi connectivity index (χ4n) is 2.44. The molecule has 1 nitrogen and oxygen atoms in total. The molecule has 0 unspecified atom stereocenters. The van der Waals surface area contributed by atoms with Crippen LogP contribution >= 0.6 is 18.7 Å². The van der Waals surface area contributed by atoms with Gasteiger partial charge in [-0.1, -0.05) is 72.3 Å². The Kier molecular flexibility index (Phi) is 4.15. The Hall–Kier alpha value is -1.89. The molecule has 3 rings (SSSR count). The Bertz CT molecular complexity index is 770. The van der Waals surface area contributed by atoms with E-state index in [4.69, 9.17) is 11.6 Å². The quantitative estimate of drug-likeness (QED) is 0.660. The van der Waals surface area contributed by atoms with Crippen molar-refractivity contribution in [2.45, 2.75) is 0 Å². The second-order valence-corrected chi connectivity index (χ2v) is 8.11. The van der Waals surface area contributed by atoms with E-state index in [1.165, 1.54) is 12.1 Å². The van der Waals surface area contributed by atoms with E-state index in [0.717, 1.165) is 0 Å². The highest BCUT2D eigenvalue weighted by Gasteiger charge is 2.30. The summed E-state index contributed by atoms with van der Waals surface area (Å²) < 4.78 is 27.7. The lowest BCUT2D eigenvalue weighted by Crippen LogP contribution is -2.25. The molecule has 0 radical (unpaired) electrons. The minimum Gasteiger partial charge on any atom is -0.309 e. The summed E-state index contributed by atoms with van der Waals surface area (Å²) in [5, 5.41) is 1.95. The van der Waals surface area contributed by atoms with E-state index >= 15 is 0 Å². The van der Waals surface area contributed by atoms with E-state index in [2.05, 4.69) is 0 Å². The SMILES string of the molecule is O=P(c1ccccc1)(c1ccccc1)c1cc(F)cc(Cl)c1. The molecule has 22 heavy (non-hydrogen) atoms. The smallest absolute Gasteiger partial charge is 0.171 e. The number of rotatable bonds is 3. The third kappa shape index (κ3) is 2.72. The van der Waals surface area contributed by atoms with Gasteiger partial charge in [0.15, 0.2) is 7.14 Å². The van der Waals surface area contributed by atoms with Crippen molar-refractivity contribution in [2.75, 3.05) is 0 Å². The van der Waals surface area contributed by atoms with Crippen LogP contribution in [0.5, 0.6) is 0 Å². The third-order valence-electron chi connectivity index (χ3n) is 3.45. The Morgan fingerprint density at radius 2 is 1.23 bits per heavy atom. The molecule has 0 saturated carbocycles. The van der Waals surface area contributed by atoms with Gasteiger partial charge in [-0.3, -0.25) is 0 Å². The van der Waals surface area contributed by atoms with Crippen molar-refractivity contribution >= 4 is 34.7 Å². The maximum absolute atomic E-state index is 13.9. The highest BCUT2D eigenvalue weighted by atomic mass is 35.5. The first kappa shape index (κ1) is 15.0. The van der Waals surface area contributed by atoms with Crippen LogP contribution in [0, 0.1) is 5.82 Å². The van der Waals surface area contributed by atoms with Gasteiger partial charge in [-0.15, -0.1) is 0 Å². The predicted octanol–water partition coefficient (Wildman–Crippen LogP) is 4.12. The summed E-state index contributed by atoms with van der Waals surface area (Å²) in [7, 11) is -3.15. The van der Waals surface area contributed by atoms with E-state index in [-0.39, 0.29) is 5.02 Å². The molecule has 0 aromatic heterocycles. The van der Waals surface area contributed by atoms with Crippen molar-refractivity contribution in [2.24, 2.45) is 0 Å². The second-order valence-electron chi connectivity index (χ2n) is 4.91. The van der Waals surface area contributed by atoms with Gasteiger partial charge >= 0.3 is 0 Å². The van der Waals surface area contributed by atoms with Gasteiger partial charge < -0.3 is 4.57 Å². The highest BCUT2D eigenvalue weighted by Crippen LogP contribution is 2.42. The van der Waals surface area contributed by atoms with Crippen LogP contribution in [-0.2, 0) is 4.57 Å². The molecule has 0 atom stereocenters. The van der Waals surface area contributed by atoms with Crippen molar-refractivity contribution in [3.05, 3.63) is 89.7 Å². The molecule has 0 bridgehead atoms. The fraction of sp³-hybridized carbons (Fsp3) is 0. The standard InChI is InChI=1S/C18H13ClFOP/c19-14-11-15(20)13-18(12-14)22(21,16-7-3-1-4-8-16)17-9-5-2-6-10-17/h1-13H. The second kappa shape index (κ2) is 6.08. The Labute approximate surface area is 133 Å². The first-order chi connectivity index (χ1) is 10.6. The molecule has 0 spiro atoms. The normalized spacial score (nSPS) is 11.4. The summed E-state index contributed by atoms with van der Waals surface area (Å²) in [6, 6.07) is 22.3. The molecule has 110 valence electrons. The van der Waals surface area contributed by atoms with Crippen molar-refractivity contribution in [1.29, 1.82) is 0 Å². The Morgan fingerprint density at radius 1 is 0.727 bits per heavy atom. The van der Waals surface area contributed by atoms with Gasteiger partial charge in [-0.2, -0.15) is 0 Å². The number of hydrogen-bond donors (Lipinski definition) is 0. The van der Waals surface area contributed by atoms with Crippen LogP contribution in [-0.4, -0.2) is 0 Å². The molecule has 0 aliphatic heterocycles. The van der Waals surface area contributed by atoms with E-state index in [1.54, 1.807) is 30.3 Å². The van der Waals surface area contributed by atoms with Crippen LogP contribution in [0.4, 0.5) is 4.39 Å². The van der Waals surface area contributed by atoms with Gasteiger partial charge in [-0.05, 0) is 18.2 Å². The molecule has 0 amide bonds. The summed E-state index contributed by atoms with van der Waals surface area (Å²) in [5.74, 6) is -0.491. The molecule has 0 heterocycles. The van der Waals surface area contributed by atoms with Crippen molar-refractivity contribution < 1.29 is 8.96 Å². The highest BCUT2D eigenvalue weighted by molar-refractivity contribution is 7.85. The summed E-state index contributed by atoms with van der Waals surface area (Å²) in [6.07, 6.45) is 0. The first-order valence-electron chi connectivity index (χ1n) is 6.78. The molecular weight excluding hydrogens is 318 g/mol. The van der Waals surface area contributed by atoms with Gasteiger partial charge in [-0.25, -0.2) is 4.39 Å². The van der Waals surface area contributed by atoms with Crippen LogP contribution in [0.2, 0.25) is 5.02 Å². The lowest BCUT2D eigenvalue weighted by atomic mass is 10.3. The van der Waals surface area contributed by atoms with Crippen molar-refractivity contribution in [3.63, 3.8) is 0 Å². The van der Waals surface area contributed by atoms with E-state index in [9.17, 15) is 8.96 Å². The largest absolute Gasteiger partial charge is 0.309 e. The maximum atomic E-state index is 13.9. The Morgan fingerprint density at radius 3 is 1.68 bits per heavy atom. The van der Waals surface area contributed by atoms with Crippen molar-refractivity contribution in [1.82, 2.24) is 0 Å². The van der Waals surface area contributed by atoms with Crippen molar-refractivity contribution in [3.8, 4) is 0 Å². The van der Waals surface area contributed by atoms with Crippen LogP contribution in [0.25, 0.3) is 0 Å². The van der Waals surface area contributed by atoms with E-state index < -0.39 is 13.0 Å². The third-order valence-corrected chi connectivity index (χ3v) is 6.70. The van der Waals surface area contributed by atoms with Crippen LogP contribution < -0.4 is 15.9 Å². The number of benzene rings is 3. The monoisotopic (exact) mass is 330 g/mol. The fourth-order valence-corrected chi connectivity index (χ4v) is 5.45. The van der Waals surface area contributed by atoms with Crippen LogP contribution in [0.1, 0.15) is 0 Å². The minimum absolute atomic E-state index is 0.238. The van der Waals surface area contributed by atoms with Gasteiger partial charge in [0.1, 0.15) is 5.82 Å². The van der Waals surface area contributed by atoms with Gasteiger partial charge in [0.05, 0.1) is 0 Å². The molecule has 0 fully saturated rings. The molecule has 4 heteroatoms. The summed E-state index contributed by atoms with van der Waals surface area (Å²) in [6.45, 7) is 0. The van der Waals surface area contributed by atoms with Crippen LogP contribution in [0.15, 0.2) is 78.9 Å². The average molecular weight is 331 g/mol. The molecule has 0 aliphatic carbocycles. The van der Waals surface area contributed by atoms with E-state index in [0.29, 0.717) is 15.9 Å². The van der Waals surface area contributed by atoms with Gasteiger partial charge in [0.2, 0.25) is 0 Å².